The van der Waals surface area contributed by atoms with Gasteiger partial charge in [0, 0.05) is 79.7 Å². The summed E-state index contributed by atoms with van der Waals surface area (Å²) in [6.45, 7) is 3.37. The Morgan fingerprint density at radius 2 is 1.71 bits per heavy atom. The maximum atomic E-state index is 12.4. The monoisotopic (exact) mass is 471 g/mol. The Balaban J connectivity index is 0.000000178. The summed E-state index contributed by atoms with van der Waals surface area (Å²) in [5.41, 5.74) is 2.90. The highest BCUT2D eigenvalue weighted by Gasteiger charge is 2.32. The normalized spacial score (nSPS) is 17.5. The molecule has 0 atom stereocenters. The van der Waals surface area contributed by atoms with Gasteiger partial charge in [0.25, 0.3) is 5.92 Å². The lowest BCUT2D eigenvalue weighted by molar-refractivity contribution is -0.0504. The van der Waals surface area contributed by atoms with E-state index in [1.54, 1.807) is 24.4 Å². The zero-order valence-electron chi connectivity index (χ0n) is 19.5. The number of aromatic nitrogens is 2. The molecule has 9 heteroatoms. The van der Waals surface area contributed by atoms with Crippen molar-refractivity contribution in [3.05, 3.63) is 59.9 Å². The molecular weight excluding hydrogens is 440 g/mol. The molecule has 2 aromatic heterocycles. The molecule has 0 bridgehead atoms. The molecular formula is C25H31F2N5O2. The number of likely N-dealkylation sites (N-methyl/N-ethyl adjacent to an activating group) is 1. The van der Waals surface area contributed by atoms with E-state index in [1.165, 1.54) is 0 Å². The number of piperidine rings is 1. The van der Waals surface area contributed by atoms with Gasteiger partial charge in [-0.2, -0.15) is 0 Å². The van der Waals surface area contributed by atoms with Crippen molar-refractivity contribution >= 4 is 23.6 Å². The average molecular weight is 472 g/mol. The van der Waals surface area contributed by atoms with Crippen LogP contribution in [0.2, 0.25) is 0 Å². The summed E-state index contributed by atoms with van der Waals surface area (Å²) in [7, 11) is 3.86. The molecule has 5 rings (SSSR count). The first-order chi connectivity index (χ1) is 16.3. The van der Waals surface area contributed by atoms with Crippen molar-refractivity contribution in [2.24, 2.45) is 0 Å². The lowest BCUT2D eigenvalue weighted by Crippen LogP contribution is -2.54. The predicted octanol–water partition coefficient (Wildman–Crippen LogP) is 3.18. The second-order valence-electron chi connectivity index (χ2n) is 8.50. The van der Waals surface area contributed by atoms with E-state index < -0.39 is 5.92 Å². The van der Waals surface area contributed by atoms with E-state index >= 15 is 0 Å². The first-order valence-electron chi connectivity index (χ1n) is 11.3. The molecule has 0 aliphatic carbocycles. The summed E-state index contributed by atoms with van der Waals surface area (Å²) < 4.78 is 26.6. The quantitative estimate of drug-likeness (QED) is 0.569. The van der Waals surface area contributed by atoms with Gasteiger partial charge in [0.2, 0.25) is 0 Å². The summed E-state index contributed by atoms with van der Waals surface area (Å²) in [5, 5.41) is 7.20. The molecule has 1 aromatic carbocycles. The van der Waals surface area contributed by atoms with E-state index in [9.17, 15) is 18.4 Å². The smallest absolute Gasteiger partial charge is 0.250 e. The van der Waals surface area contributed by atoms with Crippen LogP contribution in [0.3, 0.4) is 0 Å². The highest BCUT2D eigenvalue weighted by molar-refractivity contribution is 5.85. The van der Waals surface area contributed by atoms with Crippen LogP contribution in [0.4, 0.5) is 8.78 Å². The summed E-state index contributed by atoms with van der Waals surface area (Å²) in [4.78, 5) is 27.6. The van der Waals surface area contributed by atoms with Crippen LogP contribution in [-0.2, 0) is 0 Å². The average Bonchev–Trinajstić information content (AvgIpc) is 3.24. The molecule has 34 heavy (non-hydrogen) atoms. The molecule has 3 aromatic rings. The van der Waals surface area contributed by atoms with Crippen molar-refractivity contribution in [3.63, 3.8) is 0 Å². The maximum Gasteiger partial charge on any atom is 0.250 e. The second kappa shape index (κ2) is 11.9. The molecule has 182 valence electrons. The van der Waals surface area contributed by atoms with Crippen LogP contribution in [0, 0.1) is 0 Å². The zero-order valence-corrected chi connectivity index (χ0v) is 19.5. The third-order valence-corrected chi connectivity index (χ3v) is 5.90. The van der Waals surface area contributed by atoms with Gasteiger partial charge in [-0.25, -0.2) is 13.8 Å². The molecule has 2 aliphatic heterocycles. The fourth-order valence-electron chi connectivity index (χ4n) is 3.47. The second-order valence-corrected chi connectivity index (χ2v) is 8.50. The van der Waals surface area contributed by atoms with Crippen molar-refractivity contribution < 1.29 is 18.4 Å². The largest absolute Gasteiger partial charge is 0.315 e. The van der Waals surface area contributed by atoms with E-state index in [2.05, 4.69) is 15.6 Å². The van der Waals surface area contributed by atoms with Gasteiger partial charge >= 0.3 is 0 Å². The number of nitrogens with zero attached hydrogens (tertiary/aromatic N) is 3. The number of aldehydes is 2. The van der Waals surface area contributed by atoms with Gasteiger partial charge in [0.1, 0.15) is 11.9 Å². The van der Waals surface area contributed by atoms with Crippen molar-refractivity contribution in [3.8, 4) is 5.69 Å². The highest BCUT2D eigenvalue weighted by atomic mass is 19.3. The van der Waals surface area contributed by atoms with Crippen LogP contribution in [-0.4, -0.2) is 79.3 Å². The summed E-state index contributed by atoms with van der Waals surface area (Å²) in [5.74, 6) is -2.38. The Morgan fingerprint density at radius 1 is 1.06 bits per heavy atom. The Morgan fingerprint density at radius 3 is 2.18 bits per heavy atom. The summed E-state index contributed by atoms with van der Waals surface area (Å²) in [6.07, 6.45) is 5.09. The SMILES string of the molecule is CN1CCC(F)(F)CC1.CNC1CNC1.O=Cc1ccc(-n2ccc3cc(C=O)cnc32)cc1. The Labute approximate surface area is 198 Å². The molecule has 0 saturated carbocycles. The summed E-state index contributed by atoms with van der Waals surface area (Å²) >= 11 is 0. The van der Waals surface area contributed by atoms with E-state index in [1.807, 2.05) is 48.0 Å². The lowest BCUT2D eigenvalue weighted by Gasteiger charge is -2.28. The highest BCUT2D eigenvalue weighted by Crippen LogP contribution is 2.26. The van der Waals surface area contributed by atoms with Crippen molar-refractivity contribution in [1.82, 2.24) is 25.1 Å². The van der Waals surface area contributed by atoms with Crippen LogP contribution >= 0.6 is 0 Å². The van der Waals surface area contributed by atoms with Crippen molar-refractivity contribution in [1.29, 1.82) is 0 Å². The number of alkyl halides is 2. The van der Waals surface area contributed by atoms with Crippen LogP contribution in [0.15, 0.2) is 48.8 Å². The summed E-state index contributed by atoms with van der Waals surface area (Å²) in [6, 6.07) is 11.7. The van der Waals surface area contributed by atoms with E-state index in [4.69, 9.17) is 0 Å². The number of benzene rings is 1. The number of halogens is 2. The predicted molar refractivity (Wildman–Crippen MR) is 129 cm³/mol. The molecule has 2 saturated heterocycles. The zero-order chi connectivity index (χ0) is 24.6. The number of fused-ring (bicyclic) bond motifs is 1. The van der Waals surface area contributed by atoms with Gasteiger partial charge in [-0.3, -0.25) is 9.59 Å². The number of likely N-dealkylation sites (tertiary alicyclic amines) is 1. The molecule has 0 unspecified atom stereocenters. The number of hydrogen-bond donors (Lipinski definition) is 2. The van der Waals surface area contributed by atoms with Crippen LogP contribution < -0.4 is 10.6 Å². The molecule has 2 fully saturated rings. The minimum atomic E-state index is -2.38. The molecule has 2 N–H and O–H groups in total. The number of hydrogen-bond acceptors (Lipinski definition) is 6. The minimum Gasteiger partial charge on any atom is -0.315 e. The number of carbonyl (C=O) groups is 2. The standard InChI is InChI=1S/C15H10N2O2.C6H11F2N.C4H10N2/c18-9-11-1-3-14(4-2-11)17-6-5-13-7-12(10-19)8-16-15(13)17;1-9-4-2-6(7,8)3-5-9;1-5-4-2-6-3-4/h1-10H;2-5H2,1H3;4-6H,2-3H2,1H3. The molecule has 4 heterocycles. The van der Waals surface area contributed by atoms with Crippen LogP contribution in [0.1, 0.15) is 33.6 Å². The van der Waals surface area contributed by atoms with Gasteiger partial charge in [0.05, 0.1) is 0 Å². The number of carbonyl (C=O) groups excluding carboxylic acids is 2. The molecule has 2 aliphatic rings. The first kappa shape index (κ1) is 25.6. The molecule has 0 radical (unpaired) electrons. The first-order valence-corrected chi connectivity index (χ1v) is 11.3. The van der Waals surface area contributed by atoms with Gasteiger partial charge in [-0.1, -0.05) is 0 Å². The van der Waals surface area contributed by atoms with Gasteiger partial charge in [0.15, 0.2) is 6.29 Å². The van der Waals surface area contributed by atoms with E-state index in [-0.39, 0.29) is 12.8 Å². The Kier molecular flexibility index (Phi) is 8.98. The number of rotatable bonds is 4. The van der Waals surface area contributed by atoms with Gasteiger partial charge in [-0.15, -0.1) is 0 Å². The topological polar surface area (TPSA) is 79.3 Å². The number of nitrogens with one attached hydrogen (secondary N) is 2. The van der Waals surface area contributed by atoms with E-state index in [0.717, 1.165) is 48.4 Å². The van der Waals surface area contributed by atoms with E-state index in [0.29, 0.717) is 24.2 Å². The van der Waals surface area contributed by atoms with Gasteiger partial charge < -0.3 is 20.1 Å². The van der Waals surface area contributed by atoms with Gasteiger partial charge in [-0.05, 0) is 50.5 Å². The molecule has 0 spiro atoms. The lowest BCUT2D eigenvalue weighted by atomic mass is 10.1. The maximum absolute atomic E-state index is 12.4. The third kappa shape index (κ3) is 6.99. The fraction of sp³-hybridized carbons (Fsp3) is 0.400. The van der Waals surface area contributed by atoms with Crippen molar-refractivity contribution in [2.45, 2.75) is 24.8 Å². The fourth-order valence-corrected chi connectivity index (χ4v) is 3.47. The molecule has 7 nitrogen and oxygen atoms in total. The van der Waals surface area contributed by atoms with Crippen LogP contribution in [0.25, 0.3) is 16.7 Å². The van der Waals surface area contributed by atoms with Crippen LogP contribution in [0.5, 0.6) is 0 Å². The third-order valence-electron chi connectivity index (χ3n) is 5.90. The van der Waals surface area contributed by atoms with Crippen molar-refractivity contribution in [2.75, 3.05) is 40.3 Å². The molecule has 0 amide bonds. The number of pyridine rings is 1. The minimum absolute atomic E-state index is 0.0312. The Bertz CT molecular complexity index is 1070. The Hall–Kier alpha value is -3.01.